The second-order valence-corrected chi connectivity index (χ2v) is 7.84. The molecule has 0 radical (unpaired) electrons. The Morgan fingerprint density at radius 2 is 2.03 bits per heavy atom. The molecule has 0 fully saturated rings. The van der Waals surface area contributed by atoms with E-state index in [2.05, 4.69) is 53.3 Å². The molecule has 6 nitrogen and oxygen atoms in total. The first kappa shape index (κ1) is 22.4. The third kappa shape index (κ3) is 6.58. The molecule has 0 saturated heterocycles. The van der Waals surface area contributed by atoms with Crippen LogP contribution in [0.4, 0.5) is 0 Å². The number of ether oxygens (including phenoxy) is 1. The van der Waals surface area contributed by atoms with Gasteiger partial charge in [0.1, 0.15) is 5.75 Å². The largest absolute Gasteiger partial charge is 0.497 e. The maximum atomic E-state index is 12.2. The Balaban J connectivity index is 1.59. The number of thioether (sulfide) groups is 1. The number of benzene rings is 2. The van der Waals surface area contributed by atoms with Gasteiger partial charge >= 0.3 is 0 Å². The first-order chi connectivity index (χ1) is 15.1. The van der Waals surface area contributed by atoms with Crippen LogP contribution >= 0.6 is 11.8 Å². The summed E-state index contributed by atoms with van der Waals surface area (Å²) in [6.45, 7) is 6.78. The van der Waals surface area contributed by atoms with Crippen LogP contribution in [-0.2, 0) is 23.6 Å². The summed E-state index contributed by atoms with van der Waals surface area (Å²) < 4.78 is 7.11. The standard InChI is InChI=1S/C24H26N4O2S/c1-4-14-28-22(26-27-24(28)31-17-20-7-5-6-18(2)15-20)16-25-23(29)13-10-19-8-11-21(30-3)12-9-19/h4-13,15H,1,14,16-17H2,2-3H3,(H,25,29)/b13-10+. The summed E-state index contributed by atoms with van der Waals surface area (Å²) in [5, 5.41) is 12.2. The molecule has 1 heterocycles. The number of nitrogens with one attached hydrogen (secondary N) is 1. The third-order valence-corrected chi connectivity index (χ3v) is 5.56. The summed E-state index contributed by atoms with van der Waals surface area (Å²) >= 11 is 1.62. The Kier molecular flexibility index (Phi) is 8.06. The van der Waals surface area contributed by atoms with Crippen LogP contribution in [0.25, 0.3) is 6.08 Å². The highest BCUT2D eigenvalue weighted by Gasteiger charge is 2.12. The van der Waals surface area contributed by atoms with Gasteiger partial charge in [-0.1, -0.05) is 59.8 Å². The number of amides is 1. The fourth-order valence-electron chi connectivity index (χ4n) is 2.93. The van der Waals surface area contributed by atoms with E-state index in [0.29, 0.717) is 12.4 Å². The van der Waals surface area contributed by atoms with E-state index >= 15 is 0 Å². The van der Waals surface area contributed by atoms with E-state index in [1.54, 1.807) is 31.0 Å². The van der Waals surface area contributed by atoms with Crippen LogP contribution in [0, 0.1) is 6.92 Å². The van der Waals surface area contributed by atoms with Crippen molar-refractivity contribution >= 4 is 23.7 Å². The van der Waals surface area contributed by atoms with E-state index in [9.17, 15) is 4.79 Å². The van der Waals surface area contributed by atoms with Gasteiger partial charge in [-0.05, 0) is 36.3 Å². The Morgan fingerprint density at radius 3 is 2.74 bits per heavy atom. The lowest BCUT2D eigenvalue weighted by atomic mass is 10.2. The van der Waals surface area contributed by atoms with Gasteiger partial charge in [0, 0.05) is 18.4 Å². The molecule has 0 aliphatic rings. The summed E-state index contributed by atoms with van der Waals surface area (Å²) in [7, 11) is 1.62. The summed E-state index contributed by atoms with van der Waals surface area (Å²) in [5.74, 6) is 2.07. The van der Waals surface area contributed by atoms with Gasteiger partial charge in [-0.3, -0.25) is 4.79 Å². The minimum Gasteiger partial charge on any atom is -0.497 e. The number of hydrogen-bond donors (Lipinski definition) is 1. The number of allylic oxidation sites excluding steroid dienone is 1. The van der Waals surface area contributed by atoms with Gasteiger partial charge in [0.25, 0.3) is 0 Å². The lowest BCUT2D eigenvalue weighted by molar-refractivity contribution is -0.116. The molecule has 1 N–H and O–H groups in total. The summed E-state index contributed by atoms with van der Waals surface area (Å²) in [5.41, 5.74) is 3.38. The van der Waals surface area contributed by atoms with Gasteiger partial charge in [0.05, 0.1) is 13.7 Å². The molecular weight excluding hydrogens is 408 g/mol. The van der Waals surface area contributed by atoms with Crippen LogP contribution < -0.4 is 10.1 Å². The number of aromatic nitrogens is 3. The zero-order valence-electron chi connectivity index (χ0n) is 17.7. The highest BCUT2D eigenvalue weighted by molar-refractivity contribution is 7.98. The van der Waals surface area contributed by atoms with E-state index in [-0.39, 0.29) is 12.5 Å². The summed E-state index contributed by atoms with van der Waals surface area (Å²) in [4.78, 5) is 12.2. The zero-order chi connectivity index (χ0) is 22.1. The van der Waals surface area contributed by atoms with E-state index in [0.717, 1.165) is 22.2 Å². The third-order valence-electron chi connectivity index (χ3n) is 4.52. The molecule has 0 spiro atoms. The number of carbonyl (C=O) groups is 1. The average molecular weight is 435 g/mol. The van der Waals surface area contributed by atoms with Crippen molar-refractivity contribution in [1.82, 2.24) is 20.1 Å². The molecule has 0 bridgehead atoms. The number of carbonyl (C=O) groups excluding carboxylic acids is 1. The number of rotatable bonds is 10. The molecule has 31 heavy (non-hydrogen) atoms. The van der Waals surface area contributed by atoms with Crippen molar-refractivity contribution in [2.45, 2.75) is 30.9 Å². The van der Waals surface area contributed by atoms with Crippen LogP contribution in [-0.4, -0.2) is 27.8 Å². The van der Waals surface area contributed by atoms with Crippen LogP contribution in [0.1, 0.15) is 22.5 Å². The molecule has 0 atom stereocenters. The molecule has 160 valence electrons. The van der Waals surface area contributed by atoms with Gasteiger partial charge < -0.3 is 14.6 Å². The minimum atomic E-state index is -0.196. The van der Waals surface area contributed by atoms with Crippen molar-refractivity contribution in [2.75, 3.05) is 7.11 Å². The zero-order valence-corrected chi connectivity index (χ0v) is 18.6. The Bertz CT molecular complexity index is 1060. The van der Waals surface area contributed by atoms with Crippen LogP contribution in [0.5, 0.6) is 5.75 Å². The molecule has 1 aromatic heterocycles. The lowest BCUT2D eigenvalue weighted by Gasteiger charge is -2.08. The number of methoxy groups -OCH3 is 1. The maximum absolute atomic E-state index is 12.2. The van der Waals surface area contributed by atoms with E-state index in [1.165, 1.54) is 17.2 Å². The predicted octanol–water partition coefficient (Wildman–Crippen LogP) is 4.40. The Labute approximate surface area is 187 Å². The highest BCUT2D eigenvalue weighted by atomic mass is 32.2. The van der Waals surface area contributed by atoms with Crippen LogP contribution in [0.2, 0.25) is 0 Å². The number of hydrogen-bond acceptors (Lipinski definition) is 5. The normalized spacial score (nSPS) is 10.9. The SMILES string of the molecule is C=CCn1c(CNC(=O)/C=C/c2ccc(OC)cc2)nnc1SCc1cccc(C)c1. The molecule has 2 aromatic carbocycles. The van der Waals surface area contributed by atoms with Gasteiger partial charge in [0.2, 0.25) is 5.91 Å². The smallest absolute Gasteiger partial charge is 0.244 e. The second-order valence-electron chi connectivity index (χ2n) is 6.90. The van der Waals surface area contributed by atoms with Gasteiger partial charge in [-0.2, -0.15) is 0 Å². The van der Waals surface area contributed by atoms with Crippen molar-refractivity contribution < 1.29 is 9.53 Å². The highest BCUT2D eigenvalue weighted by Crippen LogP contribution is 2.22. The number of nitrogens with zero attached hydrogens (tertiary/aromatic N) is 3. The fourth-order valence-corrected chi connectivity index (χ4v) is 3.84. The first-order valence-electron chi connectivity index (χ1n) is 9.90. The molecule has 0 saturated carbocycles. The average Bonchev–Trinajstić information content (AvgIpc) is 3.17. The van der Waals surface area contributed by atoms with Crippen molar-refractivity contribution in [3.63, 3.8) is 0 Å². The molecule has 3 rings (SSSR count). The number of aryl methyl sites for hydroxylation is 1. The molecule has 1 amide bonds. The fraction of sp³-hybridized carbons (Fsp3) is 0.208. The lowest BCUT2D eigenvalue weighted by Crippen LogP contribution is -2.22. The first-order valence-corrected chi connectivity index (χ1v) is 10.9. The molecule has 0 unspecified atom stereocenters. The van der Waals surface area contributed by atoms with Crippen molar-refractivity contribution in [3.8, 4) is 5.75 Å². The van der Waals surface area contributed by atoms with Gasteiger partial charge in [-0.15, -0.1) is 16.8 Å². The van der Waals surface area contributed by atoms with Crippen molar-refractivity contribution in [2.24, 2.45) is 0 Å². The van der Waals surface area contributed by atoms with Crippen LogP contribution in [0.15, 0.2) is 72.4 Å². The quantitative estimate of drug-likeness (QED) is 0.291. The Hall–Kier alpha value is -3.32. The minimum absolute atomic E-state index is 0.196. The van der Waals surface area contributed by atoms with Crippen molar-refractivity contribution in [1.29, 1.82) is 0 Å². The molecule has 7 heteroatoms. The van der Waals surface area contributed by atoms with Crippen molar-refractivity contribution in [3.05, 3.63) is 89.8 Å². The molecule has 0 aliphatic carbocycles. The second kappa shape index (κ2) is 11.2. The Morgan fingerprint density at radius 1 is 1.23 bits per heavy atom. The molecule has 3 aromatic rings. The molecule has 0 aliphatic heterocycles. The summed E-state index contributed by atoms with van der Waals surface area (Å²) in [6, 6.07) is 15.9. The van der Waals surface area contributed by atoms with Gasteiger partial charge in [-0.25, -0.2) is 0 Å². The topological polar surface area (TPSA) is 69.0 Å². The van der Waals surface area contributed by atoms with Gasteiger partial charge in [0.15, 0.2) is 11.0 Å². The van der Waals surface area contributed by atoms with E-state index < -0.39 is 0 Å². The van der Waals surface area contributed by atoms with Crippen LogP contribution in [0.3, 0.4) is 0 Å². The monoisotopic (exact) mass is 434 g/mol. The maximum Gasteiger partial charge on any atom is 0.244 e. The van der Waals surface area contributed by atoms with E-state index in [4.69, 9.17) is 4.74 Å². The molecular formula is C24H26N4O2S. The summed E-state index contributed by atoms with van der Waals surface area (Å²) in [6.07, 6.45) is 5.06. The van der Waals surface area contributed by atoms with E-state index in [1.807, 2.05) is 28.8 Å². The predicted molar refractivity (Wildman–Crippen MR) is 125 cm³/mol.